The minimum Gasteiger partial charge on any atom is -0.497 e. The molecule has 0 spiro atoms. The SMILES string of the molecule is COc1ccc(CCNC(=O)c2cc(NCCc3ccccc3)ncn2)cc1. The molecule has 28 heavy (non-hydrogen) atoms. The van der Waals surface area contributed by atoms with E-state index in [2.05, 4.69) is 32.7 Å². The summed E-state index contributed by atoms with van der Waals surface area (Å²) in [5.41, 5.74) is 2.74. The predicted octanol–water partition coefficient (Wildman–Crippen LogP) is 3.11. The second-order valence-electron chi connectivity index (χ2n) is 6.30. The molecule has 6 nitrogen and oxygen atoms in total. The lowest BCUT2D eigenvalue weighted by Crippen LogP contribution is -2.26. The molecular weight excluding hydrogens is 352 g/mol. The highest BCUT2D eigenvalue weighted by Crippen LogP contribution is 2.11. The largest absolute Gasteiger partial charge is 0.497 e. The summed E-state index contributed by atoms with van der Waals surface area (Å²) in [6.07, 6.45) is 3.03. The fourth-order valence-corrected chi connectivity index (χ4v) is 2.76. The minimum atomic E-state index is -0.206. The molecule has 144 valence electrons. The van der Waals surface area contributed by atoms with Crippen LogP contribution in [0.5, 0.6) is 5.75 Å². The molecule has 0 unspecified atom stereocenters. The summed E-state index contributed by atoms with van der Waals surface area (Å²) in [6.45, 7) is 1.27. The quantitative estimate of drug-likeness (QED) is 0.600. The number of nitrogens with one attached hydrogen (secondary N) is 2. The summed E-state index contributed by atoms with van der Waals surface area (Å²) >= 11 is 0. The van der Waals surface area contributed by atoms with Crippen molar-refractivity contribution >= 4 is 11.7 Å². The molecule has 0 aliphatic heterocycles. The van der Waals surface area contributed by atoms with E-state index in [1.54, 1.807) is 13.2 Å². The van der Waals surface area contributed by atoms with Crippen molar-refractivity contribution in [1.82, 2.24) is 15.3 Å². The fraction of sp³-hybridized carbons (Fsp3) is 0.227. The molecule has 0 saturated carbocycles. The lowest BCUT2D eigenvalue weighted by molar-refractivity contribution is 0.0949. The molecule has 6 heteroatoms. The van der Waals surface area contributed by atoms with Gasteiger partial charge in [-0.15, -0.1) is 0 Å². The molecule has 3 aromatic rings. The maximum Gasteiger partial charge on any atom is 0.270 e. The topological polar surface area (TPSA) is 76.1 Å². The first kappa shape index (κ1) is 19.4. The second kappa shape index (κ2) is 10.1. The highest BCUT2D eigenvalue weighted by Gasteiger charge is 2.08. The van der Waals surface area contributed by atoms with E-state index in [0.29, 0.717) is 18.1 Å². The van der Waals surface area contributed by atoms with Gasteiger partial charge >= 0.3 is 0 Å². The first-order chi connectivity index (χ1) is 13.7. The van der Waals surface area contributed by atoms with Gasteiger partial charge in [-0.1, -0.05) is 42.5 Å². The number of carbonyl (C=O) groups excluding carboxylic acids is 1. The van der Waals surface area contributed by atoms with E-state index in [1.807, 2.05) is 42.5 Å². The monoisotopic (exact) mass is 376 g/mol. The highest BCUT2D eigenvalue weighted by molar-refractivity contribution is 5.92. The Morgan fingerprint density at radius 3 is 2.39 bits per heavy atom. The first-order valence-electron chi connectivity index (χ1n) is 9.25. The number of ether oxygens (including phenoxy) is 1. The molecule has 2 aromatic carbocycles. The number of benzene rings is 2. The second-order valence-corrected chi connectivity index (χ2v) is 6.30. The van der Waals surface area contributed by atoms with Crippen molar-refractivity contribution in [3.63, 3.8) is 0 Å². The van der Waals surface area contributed by atoms with Gasteiger partial charge in [0.05, 0.1) is 7.11 Å². The van der Waals surface area contributed by atoms with Crippen molar-refractivity contribution in [2.24, 2.45) is 0 Å². The standard InChI is InChI=1S/C22H24N4O2/c1-28-19-9-7-18(8-10-19)12-14-24-22(27)20-15-21(26-16-25-20)23-13-11-17-5-3-2-4-6-17/h2-10,15-16H,11-14H2,1H3,(H,24,27)(H,23,25,26). The number of amides is 1. The smallest absolute Gasteiger partial charge is 0.270 e. The van der Waals surface area contributed by atoms with Gasteiger partial charge in [0.15, 0.2) is 0 Å². The van der Waals surface area contributed by atoms with Gasteiger partial charge in [0.25, 0.3) is 5.91 Å². The van der Waals surface area contributed by atoms with Gasteiger partial charge in [0.2, 0.25) is 0 Å². The summed E-state index contributed by atoms with van der Waals surface area (Å²) in [5.74, 6) is 1.26. The van der Waals surface area contributed by atoms with Crippen LogP contribution in [0.2, 0.25) is 0 Å². The highest BCUT2D eigenvalue weighted by atomic mass is 16.5. The van der Waals surface area contributed by atoms with Crippen LogP contribution in [-0.4, -0.2) is 36.1 Å². The lowest BCUT2D eigenvalue weighted by atomic mass is 10.1. The number of rotatable bonds is 9. The van der Waals surface area contributed by atoms with Crippen LogP contribution >= 0.6 is 0 Å². The Labute approximate surface area is 165 Å². The van der Waals surface area contributed by atoms with Crippen LogP contribution < -0.4 is 15.4 Å². The van der Waals surface area contributed by atoms with Gasteiger partial charge < -0.3 is 15.4 Å². The van der Waals surface area contributed by atoms with E-state index >= 15 is 0 Å². The van der Waals surface area contributed by atoms with Gasteiger partial charge in [0.1, 0.15) is 23.6 Å². The number of hydrogen-bond donors (Lipinski definition) is 2. The van der Waals surface area contributed by atoms with E-state index in [0.717, 1.165) is 30.7 Å². The number of carbonyl (C=O) groups is 1. The third kappa shape index (κ3) is 5.81. The van der Waals surface area contributed by atoms with E-state index in [-0.39, 0.29) is 5.91 Å². The molecule has 0 aliphatic carbocycles. The first-order valence-corrected chi connectivity index (χ1v) is 9.25. The van der Waals surface area contributed by atoms with Gasteiger partial charge in [-0.3, -0.25) is 4.79 Å². The Balaban J connectivity index is 1.46. The maximum atomic E-state index is 12.3. The average molecular weight is 376 g/mol. The molecule has 1 heterocycles. The molecule has 0 atom stereocenters. The van der Waals surface area contributed by atoms with Crippen LogP contribution in [0.4, 0.5) is 5.82 Å². The van der Waals surface area contributed by atoms with Gasteiger partial charge in [-0.05, 0) is 36.1 Å². The zero-order chi connectivity index (χ0) is 19.6. The van der Waals surface area contributed by atoms with Gasteiger partial charge in [-0.25, -0.2) is 9.97 Å². The number of hydrogen-bond acceptors (Lipinski definition) is 5. The van der Waals surface area contributed by atoms with Gasteiger partial charge in [0, 0.05) is 19.2 Å². The molecule has 0 radical (unpaired) electrons. The van der Waals surface area contributed by atoms with Crippen molar-refractivity contribution in [2.45, 2.75) is 12.8 Å². The normalized spacial score (nSPS) is 10.3. The van der Waals surface area contributed by atoms with Crippen molar-refractivity contribution in [3.8, 4) is 5.75 Å². The molecule has 2 N–H and O–H groups in total. The van der Waals surface area contributed by atoms with Gasteiger partial charge in [-0.2, -0.15) is 0 Å². The Hall–Kier alpha value is -3.41. The Morgan fingerprint density at radius 1 is 0.929 bits per heavy atom. The summed E-state index contributed by atoms with van der Waals surface area (Å²) in [7, 11) is 1.64. The molecule has 0 bridgehead atoms. The Kier molecular flexibility index (Phi) is 6.95. The van der Waals surface area contributed by atoms with Crippen molar-refractivity contribution in [3.05, 3.63) is 83.8 Å². The maximum absolute atomic E-state index is 12.3. The van der Waals surface area contributed by atoms with Crippen LogP contribution in [0.3, 0.4) is 0 Å². The average Bonchev–Trinajstić information content (AvgIpc) is 2.75. The number of methoxy groups -OCH3 is 1. The fourth-order valence-electron chi connectivity index (χ4n) is 2.76. The van der Waals surface area contributed by atoms with E-state index in [1.165, 1.54) is 11.9 Å². The number of anilines is 1. The van der Waals surface area contributed by atoms with Crippen LogP contribution in [0.1, 0.15) is 21.6 Å². The van der Waals surface area contributed by atoms with Crippen LogP contribution in [-0.2, 0) is 12.8 Å². The van der Waals surface area contributed by atoms with Crippen molar-refractivity contribution < 1.29 is 9.53 Å². The minimum absolute atomic E-state index is 0.206. The number of nitrogens with zero attached hydrogens (tertiary/aromatic N) is 2. The van der Waals surface area contributed by atoms with Crippen LogP contribution in [0.25, 0.3) is 0 Å². The predicted molar refractivity (Wildman–Crippen MR) is 110 cm³/mol. The molecular formula is C22H24N4O2. The molecule has 3 rings (SSSR count). The molecule has 0 aliphatic rings. The lowest BCUT2D eigenvalue weighted by Gasteiger charge is -2.08. The Morgan fingerprint density at radius 2 is 1.64 bits per heavy atom. The van der Waals surface area contributed by atoms with E-state index < -0.39 is 0 Å². The van der Waals surface area contributed by atoms with E-state index in [9.17, 15) is 4.79 Å². The summed E-state index contributed by atoms with van der Waals surface area (Å²) in [6, 6.07) is 19.7. The van der Waals surface area contributed by atoms with Crippen LogP contribution in [0, 0.1) is 0 Å². The third-order valence-electron chi connectivity index (χ3n) is 4.32. The zero-order valence-electron chi connectivity index (χ0n) is 15.9. The molecule has 1 amide bonds. The number of aromatic nitrogens is 2. The van der Waals surface area contributed by atoms with Crippen LogP contribution in [0.15, 0.2) is 67.0 Å². The van der Waals surface area contributed by atoms with E-state index in [4.69, 9.17) is 4.74 Å². The van der Waals surface area contributed by atoms with Crippen molar-refractivity contribution in [2.75, 3.05) is 25.5 Å². The summed E-state index contributed by atoms with van der Waals surface area (Å²) in [4.78, 5) is 20.6. The molecule has 0 fully saturated rings. The summed E-state index contributed by atoms with van der Waals surface area (Å²) < 4.78 is 5.14. The molecule has 0 saturated heterocycles. The Bertz CT molecular complexity index is 883. The summed E-state index contributed by atoms with van der Waals surface area (Å²) in [5, 5.41) is 6.14. The van der Waals surface area contributed by atoms with Crippen molar-refractivity contribution in [1.29, 1.82) is 0 Å². The zero-order valence-corrected chi connectivity index (χ0v) is 15.9. The molecule has 1 aromatic heterocycles. The third-order valence-corrected chi connectivity index (χ3v) is 4.32.